The second kappa shape index (κ2) is 9.20. The van der Waals surface area contributed by atoms with E-state index < -0.39 is 6.10 Å². The third kappa shape index (κ3) is 4.75. The summed E-state index contributed by atoms with van der Waals surface area (Å²) in [7, 11) is 0. The van der Waals surface area contributed by atoms with Crippen LogP contribution in [0.2, 0.25) is 5.02 Å². The molecule has 1 N–H and O–H groups in total. The van der Waals surface area contributed by atoms with Crippen LogP contribution in [0, 0.1) is 6.92 Å². The van der Waals surface area contributed by atoms with Crippen LogP contribution in [0.15, 0.2) is 72.8 Å². The van der Waals surface area contributed by atoms with Gasteiger partial charge in [-0.3, -0.25) is 0 Å². The van der Waals surface area contributed by atoms with Crippen molar-refractivity contribution in [3.05, 3.63) is 89.2 Å². The monoisotopic (exact) mass is 422 g/mol. The fraction of sp³-hybridized carbons (Fsp3) is 0.208. The Balaban J connectivity index is 1.48. The van der Waals surface area contributed by atoms with E-state index in [1.807, 2.05) is 72.2 Å². The standard InChI is InChI=1S/C24H23ClN2O3/c1-17-13-20(11-12-21(17)25)29-15-18(28)14-27-23-10-6-5-9-22(23)26-24(27)16-30-19-7-3-2-4-8-19/h2-13,18,28H,14-16H2,1H3/t18-/m0/s1. The molecule has 4 aromatic rings. The van der Waals surface area contributed by atoms with E-state index in [1.54, 1.807) is 12.1 Å². The molecule has 5 nitrogen and oxygen atoms in total. The summed E-state index contributed by atoms with van der Waals surface area (Å²) in [6.45, 7) is 2.73. The molecule has 1 atom stereocenters. The van der Waals surface area contributed by atoms with E-state index in [0.29, 0.717) is 23.9 Å². The molecule has 6 heteroatoms. The van der Waals surface area contributed by atoms with Gasteiger partial charge in [-0.2, -0.15) is 0 Å². The van der Waals surface area contributed by atoms with Crippen LogP contribution in [0.3, 0.4) is 0 Å². The lowest BCUT2D eigenvalue weighted by Gasteiger charge is -2.16. The predicted molar refractivity (Wildman–Crippen MR) is 118 cm³/mol. The van der Waals surface area contributed by atoms with Crippen LogP contribution < -0.4 is 9.47 Å². The molecule has 0 saturated carbocycles. The van der Waals surface area contributed by atoms with Crippen LogP contribution in [0.5, 0.6) is 11.5 Å². The predicted octanol–water partition coefficient (Wildman–Crippen LogP) is 5.02. The first-order valence-corrected chi connectivity index (χ1v) is 10.2. The van der Waals surface area contributed by atoms with Crippen LogP contribution in [-0.2, 0) is 13.2 Å². The van der Waals surface area contributed by atoms with Gasteiger partial charge in [-0.25, -0.2) is 4.98 Å². The molecule has 0 aliphatic heterocycles. The summed E-state index contributed by atoms with van der Waals surface area (Å²) < 4.78 is 13.6. The van der Waals surface area contributed by atoms with E-state index >= 15 is 0 Å². The quantitative estimate of drug-likeness (QED) is 0.433. The lowest BCUT2D eigenvalue weighted by atomic mass is 10.2. The maximum absolute atomic E-state index is 10.6. The number of ether oxygens (including phenoxy) is 2. The van der Waals surface area contributed by atoms with E-state index in [-0.39, 0.29) is 6.61 Å². The van der Waals surface area contributed by atoms with Crippen LogP contribution in [0.1, 0.15) is 11.4 Å². The minimum Gasteiger partial charge on any atom is -0.491 e. The fourth-order valence-electron chi connectivity index (χ4n) is 3.27. The van der Waals surface area contributed by atoms with Crippen LogP contribution >= 0.6 is 11.6 Å². The number of rotatable bonds is 8. The molecule has 0 radical (unpaired) electrons. The Morgan fingerprint density at radius 1 is 0.967 bits per heavy atom. The number of halogens is 1. The van der Waals surface area contributed by atoms with Gasteiger partial charge in [-0.1, -0.05) is 41.9 Å². The summed E-state index contributed by atoms with van der Waals surface area (Å²) in [5.41, 5.74) is 2.75. The molecule has 0 aliphatic carbocycles. The van der Waals surface area contributed by atoms with Crippen LogP contribution in [-0.4, -0.2) is 27.4 Å². The summed E-state index contributed by atoms with van der Waals surface area (Å²) in [6, 6.07) is 22.9. The van der Waals surface area contributed by atoms with E-state index in [2.05, 4.69) is 0 Å². The number of aliphatic hydroxyl groups excluding tert-OH is 1. The lowest BCUT2D eigenvalue weighted by molar-refractivity contribution is 0.0917. The molecule has 0 aliphatic rings. The molecule has 1 aromatic heterocycles. The van der Waals surface area contributed by atoms with Crippen molar-refractivity contribution in [2.24, 2.45) is 0 Å². The molecule has 0 spiro atoms. The maximum atomic E-state index is 10.6. The second-order valence-electron chi connectivity index (χ2n) is 7.10. The Morgan fingerprint density at radius 2 is 1.73 bits per heavy atom. The number of imidazole rings is 1. The summed E-state index contributed by atoms with van der Waals surface area (Å²) in [5.74, 6) is 2.21. The first-order valence-electron chi connectivity index (χ1n) is 9.79. The zero-order valence-corrected chi connectivity index (χ0v) is 17.4. The molecule has 30 heavy (non-hydrogen) atoms. The first kappa shape index (κ1) is 20.3. The Bertz CT molecular complexity index is 1130. The number of aromatic nitrogens is 2. The molecular formula is C24H23ClN2O3. The maximum Gasteiger partial charge on any atom is 0.148 e. The van der Waals surface area contributed by atoms with E-state index in [9.17, 15) is 5.11 Å². The number of aliphatic hydroxyl groups is 1. The topological polar surface area (TPSA) is 56.5 Å². The van der Waals surface area contributed by atoms with Gasteiger partial charge in [0, 0.05) is 5.02 Å². The van der Waals surface area contributed by atoms with Gasteiger partial charge in [-0.15, -0.1) is 0 Å². The third-order valence-corrected chi connectivity index (χ3v) is 5.23. The number of hydrogen-bond acceptors (Lipinski definition) is 4. The molecule has 1 heterocycles. The zero-order chi connectivity index (χ0) is 20.9. The minimum absolute atomic E-state index is 0.159. The van der Waals surface area contributed by atoms with Gasteiger partial charge in [0.15, 0.2) is 0 Å². The summed E-state index contributed by atoms with van der Waals surface area (Å²) in [6.07, 6.45) is -0.714. The Morgan fingerprint density at radius 3 is 2.53 bits per heavy atom. The van der Waals surface area contributed by atoms with Crippen molar-refractivity contribution in [3.63, 3.8) is 0 Å². The SMILES string of the molecule is Cc1cc(OC[C@@H](O)Cn2c(COc3ccccc3)nc3ccccc32)ccc1Cl. The second-order valence-corrected chi connectivity index (χ2v) is 7.51. The van der Waals surface area contributed by atoms with E-state index in [1.165, 1.54) is 0 Å². The molecule has 154 valence electrons. The molecule has 4 rings (SSSR count). The molecule has 0 bridgehead atoms. The van der Waals surface area contributed by atoms with Crippen molar-refractivity contribution >= 4 is 22.6 Å². The van der Waals surface area contributed by atoms with Crippen molar-refractivity contribution in [1.29, 1.82) is 0 Å². The van der Waals surface area contributed by atoms with Gasteiger partial charge < -0.3 is 19.1 Å². The number of fused-ring (bicyclic) bond motifs is 1. The summed E-state index contributed by atoms with van der Waals surface area (Å²) in [4.78, 5) is 4.69. The highest BCUT2D eigenvalue weighted by Crippen LogP contribution is 2.22. The number of benzene rings is 3. The number of nitrogens with zero attached hydrogens (tertiary/aromatic N) is 2. The molecule has 0 saturated heterocycles. The van der Waals surface area contributed by atoms with E-state index in [0.717, 1.165) is 28.2 Å². The van der Waals surface area contributed by atoms with Gasteiger partial charge in [0.2, 0.25) is 0 Å². The Hall–Kier alpha value is -3.02. The fourth-order valence-corrected chi connectivity index (χ4v) is 3.38. The first-order chi connectivity index (χ1) is 14.6. The number of hydrogen-bond donors (Lipinski definition) is 1. The lowest BCUT2D eigenvalue weighted by Crippen LogP contribution is -2.25. The molecule has 3 aromatic carbocycles. The Kier molecular flexibility index (Phi) is 6.21. The van der Waals surface area contributed by atoms with Crippen molar-refractivity contribution in [1.82, 2.24) is 9.55 Å². The van der Waals surface area contributed by atoms with Gasteiger partial charge >= 0.3 is 0 Å². The molecular weight excluding hydrogens is 400 g/mol. The normalized spacial score (nSPS) is 12.1. The smallest absolute Gasteiger partial charge is 0.148 e. The molecule has 0 unspecified atom stereocenters. The highest BCUT2D eigenvalue weighted by molar-refractivity contribution is 6.31. The van der Waals surface area contributed by atoms with Crippen LogP contribution in [0.4, 0.5) is 0 Å². The van der Waals surface area contributed by atoms with Gasteiger partial charge in [-0.05, 0) is 55.0 Å². The number of para-hydroxylation sites is 3. The van der Waals surface area contributed by atoms with Gasteiger partial charge in [0.1, 0.15) is 36.6 Å². The average molecular weight is 423 g/mol. The van der Waals surface area contributed by atoms with Crippen LogP contribution in [0.25, 0.3) is 11.0 Å². The summed E-state index contributed by atoms with van der Waals surface area (Å²) >= 11 is 6.06. The average Bonchev–Trinajstić information content (AvgIpc) is 3.11. The Labute approximate surface area is 180 Å². The number of aryl methyl sites for hydroxylation is 1. The molecule has 0 amide bonds. The zero-order valence-electron chi connectivity index (χ0n) is 16.7. The highest BCUT2D eigenvalue weighted by atomic mass is 35.5. The third-order valence-electron chi connectivity index (χ3n) is 4.81. The highest BCUT2D eigenvalue weighted by Gasteiger charge is 2.15. The van der Waals surface area contributed by atoms with Crippen molar-refractivity contribution < 1.29 is 14.6 Å². The largest absolute Gasteiger partial charge is 0.491 e. The van der Waals surface area contributed by atoms with Gasteiger partial charge in [0.25, 0.3) is 0 Å². The van der Waals surface area contributed by atoms with Crippen molar-refractivity contribution in [2.75, 3.05) is 6.61 Å². The minimum atomic E-state index is -0.714. The summed E-state index contributed by atoms with van der Waals surface area (Å²) in [5, 5.41) is 11.3. The van der Waals surface area contributed by atoms with E-state index in [4.69, 9.17) is 26.1 Å². The van der Waals surface area contributed by atoms with Crippen molar-refractivity contribution in [3.8, 4) is 11.5 Å². The molecule has 0 fully saturated rings. The van der Waals surface area contributed by atoms with Crippen molar-refractivity contribution in [2.45, 2.75) is 26.2 Å². The van der Waals surface area contributed by atoms with Gasteiger partial charge in [0.05, 0.1) is 17.6 Å².